The maximum absolute atomic E-state index is 13.5. The van der Waals surface area contributed by atoms with E-state index in [0.29, 0.717) is 30.0 Å². The van der Waals surface area contributed by atoms with Crippen molar-refractivity contribution in [2.24, 2.45) is 0 Å². The average Bonchev–Trinajstić information content (AvgIpc) is 2.87. The van der Waals surface area contributed by atoms with Crippen molar-refractivity contribution in [3.63, 3.8) is 0 Å². The van der Waals surface area contributed by atoms with Gasteiger partial charge in [0.1, 0.15) is 17.6 Å². The third kappa shape index (κ3) is 9.31. The van der Waals surface area contributed by atoms with Gasteiger partial charge in [-0.3, -0.25) is 13.9 Å². The number of hydrogen-bond acceptors (Lipinski definition) is 5. The molecule has 0 spiro atoms. The molecule has 0 aliphatic heterocycles. The number of carbonyl (C=O) groups is 2. The predicted molar refractivity (Wildman–Crippen MR) is 148 cm³/mol. The summed E-state index contributed by atoms with van der Waals surface area (Å²) in [5.41, 5.74) is 1.17. The average molecular weight is 550 g/mol. The van der Waals surface area contributed by atoms with Crippen LogP contribution in [-0.2, 0) is 26.2 Å². The molecule has 0 aliphatic carbocycles. The first-order valence-electron chi connectivity index (χ1n) is 13.0. The monoisotopic (exact) mass is 549 g/mol. The van der Waals surface area contributed by atoms with E-state index >= 15 is 0 Å². The highest BCUT2D eigenvalue weighted by molar-refractivity contribution is 7.92. The predicted octanol–water partition coefficient (Wildman–Crippen LogP) is 4.49. The molecule has 38 heavy (non-hydrogen) atoms. The van der Waals surface area contributed by atoms with E-state index in [1.54, 1.807) is 36.4 Å². The van der Waals surface area contributed by atoms with Crippen molar-refractivity contribution in [3.8, 4) is 5.75 Å². The highest BCUT2D eigenvalue weighted by Crippen LogP contribution is 2.23. The summed E-state index contributed by atoms with van der Waals surface area (Å²) < 4.78 is 45.2. The number of rotatable bonds is 15. The van der Waals surface area contributed by atoms with Crippen LogP contribution in [0, 0.1) is 5.82 Å². The van der Waals surface area contributed by atoms with E-state index < -0.39 is 16.1 Å². The zero-order valence-electron chi connectivity index (χ0n) is 22.9. The number of hydrogen-bond donors (Lipinski definition) is 1. The van der Waals surface area contributed by atoms with E-state index in [4.69, 9.17) is 4.74 Å². The molecule has 2 atom stereocenters. The van der Waals surface area contributed by atoms with Gasteiger partial charge in [-0.2, -0.15) is 0 Å². The Morgan fingerprint density at radius 2 is 1.63 bits per heavy atom. The highest BCUT2D eigenvalue weighted by atomic mass is 32.2. The van der Waals surface area contributed by atoms with Crippen molar-refractivity contribution in [2.45, 2.75) is 72.0 Å². The lowest BCUT2D eigenvalue weighted by Crippen LogP contribution is -2.50. The fourth-order valence-electron chi connectivity index (χ4n) is 4.03. The Kier molecular flexibility index (Phi) is 12.0. The molecule has 210 valence electrons. The molecule has 2 rings (SSSR count). The van der Waals surface area contributed by atoms with E-state index in [1.807, 2.05) is 27.7 Å². The van der Waals surface area contributed by atoms with Gasteiger partial charge in [-0.15, -0.1) is 0 Å². The lowest BCUT2D eigenvalue weighted by atomic mass is 10.1. The molecular formula is C28H40FN3O5S. The summed E-state index contributed by atoms with van der Waals surface area (Å²) >= 11 is 0. The smallest absolute Gasteiger partial charge is 0.243 e. The van der Waals surface area contributed by atoms with Crippen molar-refractivity contribution in [1.29, 1.82) is 0 Å². The van der Waals surface area contributed by atoms with Crippen LogP contribution in [0.3, 0.4) is 0 Å². The summed E-state index contributed by atoms with van der Waals surface area (Å²) in [6.45, 7) is 8.30. The molecular weight excluding hydrogens is 509 g/mol. The minimum absolute atomic E-state index is 0.0390. The molecule has 0 aliphatic rings. The molecule has 0 fully saturated rings. The Bertz CT molecular complexity index is 1140. The van der Waals surface area contributed by atoms with E-state index in [1.165, 1.54) is 21.3 Å². The Hall–Kier alpha value is -3.14. The molecule has 0 saturated heterocycles. The molecule has 0 unspecified atom stereocenters. The summed E-state index contributed by atoms with van der Waals surface area (Å²) in [4.78, 5) is 28.0. The van der Waals surface area contributed by atoms with Crippen LogP contribution in [0.1, 0.15) is 58.9 Å². The molecule has 0 saturated carbocycles. The Morgan fingerprint density at radius 1 is 1.00 bits per heavy atom. The maximum Gasteiger partial charge on any atom is 0.243 e. The van der Waals surface area contributed by atoms with Crippen LogP contribution in [0.15, 0.2) is 48.5 Å². The third-order valence-corrected chi connectivity index (χ3v) is 7.44. The van der Waals surface area contributed by atoms with Crippen molar-refractivity contribution < 1.29 is 27.1 Å². The van der Waals surface area contributed by atoms with Gasteiger partial charge in [0.05, 0.1) is 18.6 Å². The number of anilines is 1. The first-order chi connectivity index (χ1) is 18.0. The Morgan fingerprint density at radius 3 is 2.16 bits per heavy atom. The number of nitrogens with one attached hydrogen (secondary N) is 1. The van der Waals surface area contributed by atoms with Gasteiger partial charge in [0.25, 0.3) is 0 Å². The maximum atomic E-state index is 13.5. The first kappa shape index (κ1) is 31.1. The molecule has 0 radical (unpaired) electrons. The zero-order chi connectivity index (χ0) is 28.3. The topological polar surface area (TPSA) is 96.0 Å². The van der Waals surface area contributed by atoms with Crippen molar-refractivity contribution in [1.82, 2.24) is 10.2 Å². The van der Waals surface area contributed by atoms with Crippen molar-refractivity contribution in [3.05, 3.63) is 59.9 Å². The van der Waals surface area contributed by atoms with Gasteiger partial charge in [-0.05, 0) is 75.1 Å². The number of amides is 2. The van der Waals surface area contributed by atoms with Crippen LogP contribution in [0.25, 0.3) is 0 Å². The van der Waals surface area contributed by atoms with E-state index in [9.17, 15) is 22.4 Å². The van der Waals surface area contributed by atoms with Crippen molar-refractivity contribution >= 4 is 27.5 Å². The van der Waals surface area contributed by atoms with Gasteiger partial charge in [0.15, 0.2) is 0 Å². The second-order valence-electron chi connectivity index (χ2n) is 9.26. The molecule has 0 heterocycles. The van der Waals surface area contributed by atoms with Crippen LogP contribution in [0.4, 0.5) is 10.1 Å². The highest BCUT2D eigenvalue weighted by Gasteiger charge is 2.29. The van der Waals surface area contributed by atoms with Gasteiger partial charge in [-0.1, -0.05) is 26.0 Å². The van der Waals surface area contributed by atoms with Gasteiger partial charge < -0.3 is 15.0 Å². The first-order valence-corrected chi connectivity index (χ1v) is 14.9. The summed E-state index contributed by atoms with van der Waals surface area (Å²) in [6.07, 6.45) is 2.57. The van der Waals surface area contributed by atoms with Crippen LogP contribution >= 0.6 is 0 Å². The molecule has 1 N–H and O–H groups in total. The minimum Gasteiger partial charge on any atom is -0.494 e. The fraction of sp³-hybridized carbons (Fsp3) is 0.500. The summed E-state index contributed by atoms with van der Waals surface area (Å²) in [7, 11) is -3.60. The van der Waals surface area contributed by atoms with Gasteiger partial charge in [0.2, 0.25) is 21.8 Å². The second kappa shape index (κ2) is 14.7. The summed E-state index contributed by atoms with van der Waals surface area (Å²) in [5.74, 6) is -0.272. The van der Waals surface area contributed by atoms with Gasteiger partial charge >= 0.3 is 0 Å². The van der Waals surface area contributed by atoms with Crippen LogP contribution in [-0.4, -0.2) is 56.6 Å². The molecule has 2 aromatic carbocycles. The number of nitrogens with zero attached hydrogens (tertiary/aromatic N) is 2. The standard InChI is InChI=1S/C28H40FN3O5S/c1-6-21(4)30-28(34)26(7-2)31(20-22-11-13-23(29)14-12-22)27(33)10-9-19-32(38(5,35)36)24-15-17-25(18-16-24)37-8-3/h11-18,21,26H,6-10,19-20H2,1-5H3,(H,30,34)/t21-,26+/m0/s1. The summed E-state index contributed by atoms with van der Waals surface area (Å²) in [6, 6.07) is 11.8. The van der Waals surface area contributed by atoms with E-state index in [-0.39, 0.29) is 49.6 Å². The number of carbonyl (C=O) groups excluding carboxylic acids is 2. The van der Waals surface area contributed by atoms with Crippen LogP contribution in [0.2, 0.25) is 0 Å². The molecule has 0 aromatic heterocycles. The lowest BCUT2D eigenvalue weighted by Gasteiger charge is -2.32. The molecule has 10 heteroatoms. The van der Waals surface area contributed by atoms with E-state index in [0.717, 1.165) is 12.7 Å². The SMILES string of the molecule is CCOc1ccc(N(CCCC(=O)N(Cc2ccc(F)cc2)[C@H](CC)C(=O)N[C@@H](C)CC)S(C)(=O)=O)cc1. The number of halogens is 1. The van der Waals surface area contributed by atoms with Gasteiger partial charge in [0, 0.05) is 25.6 Å². The van der Waals surface area contributed by atoms with Gasteiger partial charge in [-0.25, -0.2) is 12.8 Å². The zero-order valence-corrected chi connectivity index (χ0v) is 23.8. The largest absolute Gasteiger partial charge is 0.494 e. The second-order valence-corrected chi connectivity index (χ2v) is 11.2. The Labute approximate surface area is 226 Å². The lowest BCUT2D eigenvalue weighted by molar-refractivity contribution is -0.141. The van der Waals surface area contributed by atoms with Crippen LogP contribution < -0.4 is 14.4 Å². The number of ether oxygens (including phenoxy) is 1. The normalized spacial score (nSPS) is 12.9. The van der Waals surface area contributed by atoms with Crippen molar-refractivity contribution in [2.75, 3.05) is 23.7 Å². The quantitative estimate of drug-likeness (QED) is 0.353. The summed E-state index contributed by atoms with van der Waals surface area (Å²) in [5, 5.41) is 2.95. The van der Waals surface area contributed by atoms with E-state index in [2.05, 4.69) is 5.32 Å². The Balaban J connectivity index is 2.20. The fourth-order valence-corrected chi connectivity index (χ4v) is 4.99. The molecule has 0 bridgehead atoms. The molecule has 2 aromatic rings. The molecule has 2 amide bonds. The number of sulfonamides is 1. The minimum atomic E-state index is -3.60. The third-order valence-electron chi connectivity index (χ3n) is 6.24. The number of benzene rings is 2. The molecule has 8 nitrogen and oxygen atoms in total. The van der Waals surface area contributed by atoms with Crippen LogP contribution in [0.5, 0.6) is 5.75 Å².